The molecule has 3 N–H and O–H groups in total. The Labute approximate surface area is 168 Å². The molecule has 0 fully saturated rings. The van der Waals surface area contributed by atoms with Gasteiger partial charge in [-0.3, -0.25) is 9.59 Å². The summed E-state index contributed by atoms with van der Waals surface area (Å²) in [6.07, 6.45) is 0. The monoisotopic (exact) mass is 394 g/mol. The normalized spacial score (nSPS) is 10.3. The van der Waals surface area contributed by atoms with E-state index in [1.165, 1.54) is 0 Å². The molecule has 0 saturated heterocycles. The van der Waals surface area contributed by atoms with Crippen LogP contribution >= 0.6 is 11.6 Å². The lowest BCUT2D eigenvalue weighted by atomic mass is 10.1. The van der Waals surface area contributed by atoms with Gasteiger partial charge in [-0.2, -0.15) is 0 Å². The first-order valence-corrected chi connectivity index (χ1v) is 9.04. The molecule has 0 heterocycles. The molecule has 0 atom stereocenters. The fourth-order valence-electron chi connectivity index (χ4n) is 2.66. The number of hydrogen-bond donors (Lipinski definition) is 2. The maximum Gasteiger partial charge on any atom is 0.255 e. The predicted molar refractivity (Wildman–Crippen MR) is 108 cm³/mol. The molecule has 0 saturated carbocycles. The Morgan fingerprint density at radius 2 is 1.71 bits per heavy atom. The molecule has 3 aromatic carbocycles. The minimum Gasteiger partial charge on any atom is -0.488 e. The zero-order chi connectivity index (χ0) is 19.9. The van der Waals surface area contributed by atoms with Gasteiger partial charge in [-0.25, -0.2) is 0 Å². The van der Waals surface area contributed by atoms with Crippen molar-refractivity contribution < 1.29 is 14.3 Å². The summed E-state index contributed by atoms with van der Waals surface area (Å²) < 4.78 is 5.82. The summed E-state index contributed by atoms with van der Waals surface area (Å²) in [5.74, 6) is -0.323. The smallest absolute Gasteiger partial charge is 0.255 e. The van der Waals surface area contributed by atoms with Crippen LogP contribution in [-0.4, -0.2) is 11.8 Å². The molecule has 0 bridgehead atoms. The van der Waals surface area contributed by atoms with Crippen molar-refractivity contribution in [1.82, 2.24) is 5.32 Å². The quantitative estimate of drug-likeness (QED) is 0.636. The van der Waals surface area contributed by atoms with E-state index in [4.69, 9.17) is 22.1 Å². The lowest BCUT2D eigenvalue weighted by Crippen LogP contribution is -2.23. The van der Waals surface area contributed by atoms with E-state index < -0.39 is 5.91 Å². The highest BCUT2D eigenvalue weighted by atomic mass is 35.5. The van der Waals surface area contributed by atoms with Crippen molar-refractivity contribution in [2.24, 2.45) is 5.73 Å². The van der Waals surface area contributed by atoms with Crippen molar-refractivity contribution in [1.29, 1.82) is 0 Å². The summed E-state index contributed by atoms with van der Waals surface area (Å²) >= 11 is 6.15. The molecule has 0 aliphatic heterocycles. The van der Waals surface area contributed by atoms with Crippen LogP contribution in [0.1, 0.15) is 31.8 Å². The number of carbonyl (C=O) groups is 2. The van der Waals surface area contributed by atoms with Gasteiger partial charge in [-0.15, -0.1) is 0 Å². The Bertz CT molecular complexity index is 1000. The van der Waals surface area contributed by atoms with Gasteiger partial charge in [0.25, 0.3) is 5.91 Å². The van der Waals surface area contributed by atoms with Crippen LogP contribution in [0.4, 0.5) is 0 Å². The molecule has 28 heavy (non-hydrogen) atoms. The number of halogens is 1. The number of para-hydroxylation sites is 1. The minimum absolute atomic E-state index is 0.255. The first-order valence-electron chi connectivity index (χ1n) is 8.67. The van der Waals surface area contributed by atoms with Crippen LogP contribution in [0.3, 0.4) is 0 Å². The number of nitrogens with one attached hydrogen (secondary N) is 1. The van der Waals surface area contributed by atoms with E-state index in [9.17, 15) is 9.59 Å². The molecule has 3 rings (SSSR count). The number of hydrogen-bond acceptors (Lipinski definition) is 3. The molecule has 5 nitrogen and oxygen atoms in total. The Hall–Kier alpha value is -3.31. The Balaban J connectivity index is 1.68. The van der Waals surface area contributed by atoms with Crippen LogP contribution in [-0.2, 0) is 13.2 Å². The topological polar surface area (TPSA) is 81.4 Å². The average Bonchev–Trinajstić information content (AvgIpc) is 2.72. The first-order chi connectivity index (χ1) is 13.5. The fraction of sp³-hybridized carbons (Fsp3) is 0.0909. The van der Waals surface area contributed by atoms with Crippen LogP contribution in [0.25, 0.3) is 0 Å². The maximum absolute atomic E-state index is 12.6. The number of amides is 2. The summed E-state index contributed by atoms with van der Waals surface area (Å²) in [7, 11) is 0. The van der Waals surface area contributed by atoms with Gasteiger partial charge in [-0.05, 0) is 35.9 Å². The lowest BCUT2D eigenvalue weighted by Gasteiger charge is -2.12. The van der Waals surface area contributed by atoms with E-state index in [-0.39, 0.29) is 19.1 Å². The zero-order valence-corrected chi connectivity index (χ0v) is 15.8. The molecule has 0 radical (unpaired) electrons. The number of benzene rings is 3. The third-order valence-electron chi connectivity index (χ3n) is 4.14. The number of rotatable bonds is 7. The zero-order valence-electron chi connectivity index (χ0n) is 15.0. The van der Waals surface area contributed by atoms with Gasteiger partial charge in [0.1, 0.15) is 12.4 Å². The van der Waals surface area contributed by atoms with Gasteiger partial charge in [0, 0.05) is 22.7 Å². The Morgan fingerprint density at radius 3 is 2.50 bits per heavy atom. The number of carbonyl (C=O) groups excluding carboxylic acids is 2. The van der Waals surface area contributed by atoms with Gasteiger partial charge in [0.05, 0.1) is 5.56 Å². The molecule has 0 aliphatic carbocycles. The average molecular weight is 395 g/mol. The second-order valence-electron chi connectivity index (χ2n) is 6.12. The Morgan fingerprint density at radius 1 is 0.964 bits per heavy atom. The van der Waals surface area contributed by atoms with Crippen LogP contribution in [0.2, 0.25) is 5.02 Å². The summed E-state index contributed by atoms with van der Waals surface area (Å²) in [4.78, 5) is 23.9. The number of primary amides is 1. The Kier molecular flexibility index (Phi) is 6.29. The van der Waals surface area contributed by atoms with Crippen molar-refractivity contribution in [3.8, 4) is 5.75 Å². The molecular weight excluding hydrogens is 376 g/mol. The highest BCUT2D eigenvalue weighted by molar-refractivity contribution is 6.31. The van der Waals surface area contributed by atoms with Crippen molar-refractivity contribution in [2.45, 2.75) is 13.2 Å². The number of ether oxygens (including phenoxy) is 1. The van der Waals surface area contributed by atoms with Crippen molar-refractivity contribution in [2.75, 3.05) is 0 Å². The largest absolute Gasteiger partial charge is 0.488 e. The molecule has 3 aromatic rings. The van der Waals surface area contributed by atoms with E-state index in [0.717, 1.165) is 11.1 Å². The van der Waals surface area contributed by atoms with E-state index >= 15 is 0 Å². The highest BCUT2D eigenvalue weighted by Gasteiger charge is 2.13. The second-order valence-corrected chi connectivity index (χ2v) is 6.53. The molecule has 0 aliphatic rings. The summed E-state index contributed by atoms with van der Waals surface area (Å²) in [5.41, 5.74) is 7.72. The number of nitrogens with two attached hydrogens (primary N) is 1. The second kappa shape index (κ2) is 9.06. The van der Waals surface area contributed by atoms with Gasteiger partial charge >= 0.3 is 0 Å². The summed E-state index contributed by atoms with van der Waals surface area (Å²) in [6, 6.07) is 21.2. The standard InChI is InChI=1S/C22H19ClN2O3/c23-19-10-3-1-7-17(19)14-28-20-11-4-2-9-18(20)22(27)25-13-15-6-5-8-16(12-15)21(24)26/h1-12H,13-14H2,(H2,24,26)(H,25,27). The van der Waals surface area contributed by atoms with Gasteiger partial charge < -0.3 is 15.8 Å². The van der Waals surface area contributed by atoms with E-state index in [2.05, 4.69) is 5.32 Å². The van der Waals surface area contributed by atoms with Crippen molar-refractivity contribution >= 4 is 23.4 Å². The van der Waals surface area contributed by atoms with E-state index in [1.54, 1.807) is 48.5 Å². The van der Waals surface area contributed by atoms with Gasteiger partial charge in [0.15, 0.2) is 0 Å². The predicted octanol–water partition coefficient (Wildman–Crippen LogP) is 3.95. The molecule has 142 valence electrons. The van der Waals surface area contributed by atoms with Crippen LogP contribution in [0, 0.1) is 0 Å². The first kappa shape index (κ1) is 19.5. The molecule has 0 aromatic heterocycles. The molecule has 0 unspecified atom stereocenters. The minimum atomic E-state index is -0.508. The van der Waals surface area contributed by atoms with Crippen LogP contribution < -0.4 is 15.8 Å². The third kappa shape index (κ3) is 4.90. The van der Waals surface area contributed by atoms with Crippen LogP contribution in [0.15, 0.2) is 72.8 Å². The molecular formula is C22H19ClN2O3. The van der Waals surface area contributed by atoms with Gasteiger partial charge in [-0.1, -0.05) is 54.1 Å². The lowest BCUT2D eigenvalue weighted by molar-refractivity contribution is 0.0945. The molecule has 0 spiro atoms. The van der Waals surface area contributed by atoms with Crippen molar-refractivity contribution in [3.05, 3.63) is 100 Å². The van der Waals surface area contributed by atoms with Gasteiger partial charge in [0.2, 0.25) is 5.91 Å². The molecule has 6 heteroatoms. The highest BCUT2D eigenvalue weighted by Crippen LogP contribution is 2.22. The third-order valence-corrected chi connectivity index (χ3v) is 4.51. The SMILES string of the molecule is NC(=O)c1cccc(CNC(=O)c2ccccc2OCc2ccccc2Cl)c1. The van der Waals surface area contributed by atoms with Crippen molar-refractivity contribution in [3.63, 3.8) is 0 Å². The van der Waals surface area contributed by atoms with E-state index in [0.29, 0.717) is 21.9 Å². The maximum atomic E-state index is 12.6. The summed E-state index contributed by atoms with van der Waals surface area (Å²) in [6.45, 7) is 0.517. The van der Waals surface area contributed by atoms with E-state index in [1.807, 2.05) is 24.3 Å². The van der Waals surface area contributed by atoms with Crippen LogP contribution in [0.5, 0.6) is 5.75 Å². The summed E-state index contributed by atoms with van der Waals surface area (Å²) in [5, 5.41) is 3.44. The molecule has 2 amide bonds. The fourth-order valence-corrected chi connectivity index (χ4v) is 2.85.